The molecule has 10 heteroatoms. The molecular weight excluding hydrogens is 684 g/mol. The average molecular weight is 732 g/mol. The summed E-state index contributed by atoms with van der Waals surface area (Å²) in [5.41, 5.74) is 2.31. The van der Waals surface area contributed by atoms with Gasteiger partial charge in [-0.2, -0.15) is 0 Å². The molecule has 2 heterocycles. The molecule has 3 aliphatic rings. The van der Waals surface area contributed by atoms with Gasteiger partial charge < -0.3 is 29.1 Å². The molecule has 0 spiro atoms. The maximum Gasteiger partial charge on any atom is 0.410 e. The van der Waals surface area contributed by atoms with Crippen molar-refractivity contribution in [2.24, 2.45) is 5.92 Å². The molecule has 0 bridgehead atoms. The maximum absolute atomic E-state index is 14.0. The van der Waals surface area contributed by atoms with Gasteiger partial charge in [0.15, 0.2) is 0 Å². The van der Waals surface area contributed by atoms with E-state index in [2.05, 4.69) is 43.9 Å². The molecule has 1 unspecified atom stereocenters. The first-order chi connectivity index (χ1) is 23.5. The quantitative estimate of drug-likeness (QED) is 0.235. The van der Waals surface area contributed by atoms with E-state index in [1.54, 1.807) is 9.80 Å². The van der Waals surface area contributed by atoms with Crippen molar-refractivity contribution in [1.82, 2.24) is 14.7 Å². The van der Waals surface area contributed by atoms with Crippen LogP contribution in [0.1, 0.15) is 63.7 Å². The number of nitrogens with zero attached hydrogens (tertiary/aromatic N) is 4. The molecule has 0 N–H and O–H groups in total. The fourth-order valence-corrected chi connectivity index (χ4v) is 6.85. The van der Waals surface area contributed by atoms with Crippen LogP contribution < -0.4 is 9.64 Å². The zero-order valence-electron chi connectivity index (χ0n) is 28.7. The second kappa shape index (κ2) is 15.2. The molecule has 260 valence electrons. The summed E-state index contributed by atoms with van der Waals surface area (Å²) in [6.45, 7) is 9.27. The molecule has 9 nitrogen and oxygen atoms in total. The molecule has 2 aliphatic heterocycles. The Morgan fingerprint density at radius 3 is 2.22 bits per heavy atom. The van der Waals surface area contributed by atoms with E-state index in [0.717, 1.165) is 53.5 Å². The fraction of sp³-hybridized carbons (Fsp3) is 0.462. The Balaban J connectivity index is 1.12. The Bertz CT molecular complexity index is 1600. The van der Waals surface area contributed by atoms with E-state index in [9.17, 15) is 14.4 Å². The highest BCUT2D eigenvalue weighted by Gasteiger charge is 2.38. The number of hydrogen-bond acceptors (Lipinski definition) is 6. The van der Waals surface area contributed by atoms with Crippen molar-refractivity contribution in [1.29, 1.82) is 0 Å². The van der Waals surface area contributed by atoms with Crippen LogP contribution in [0.3, 0.4) is 0 Å². The summed E-state index contributed by atoms with van der Waals surface area (Å²) in [4.78, 5) is 48.3. The molecule has 3 aromatic carbocycles. The lowest BCUT2D eigenvalue weighted by Crippen LogP contribution is -2.53. The van der Waals surface area contributed by atoms with Crippen molar-refractivity contribution in [2.45, 2.75) is 70.7 Å². The standard InChI is InChI=1S/C39H47BrN4O5/c1-39(2,3)49-38(47)42-23-21-41(22-24-42)37(46)35(29-9-5-4-6-10-29)48-34-13-7-12-33(25-34)43-20-8-11-30(27-43)36(45)44(32-18-19-32)26-28-14-16-31(40)17-15-28/h4-7,9-10,12-17,25,30,32,35H,8,11,18-24,26-27H2,1-3H3/t30-,35?/m1/s1. The number of anilines is 1. The maximum atomic E-state index is 14.0. The Hall–Kier alpha value is -4.05. The van der Waals surface area contributed by atoms with Crippen LogP contribution in [-0.2, 0) is 20.9 Å². The number of halogens is 1. The minimum absolute atomic E-state index is 0.0765. The molecule has 6 rings (SSSR count). The minimum atomic E-state index is -0.842. The Kier molecular flexibility index (Phi) is 10.8. The van der Waals surface area contributed by atoms with Crippen LogP contribution in [-0.4, -0.2) is 83.5 Å². The molecular formula is C39H47BrN4O5. The monoisotopic (exact) mass is 730 g/mol. The molecule has 2 saturated heterocycles. The predicted molar refractivity (Wildman–Crippen MR) is 193 cm³/mol. The molecule has 1 saturated carbocycles. The molecule has 49 heavy (non-hydrogen) atoms. The third kappa shape index (κ3) is 9.15. The normalized spacial score (nSPS) is 18.9. The minimum Gasteiger partial charge on any atom is -0.476 e. The topological polar surface area (TPSA) is 82.6 Å². The molecule has 0 aromatic heterocycles. The average Bonchev–Trinajstić information content (AvgIpc) is 3.95. The second-order valence-corrected chi connectivity index (χ2v) is 15.2. The molecule has 3 amide bonds. The number of ether oxygens (including phenoxy) is 2. The Morgan fingerprint density at radius 2 is 1.55 bits per heavy atom. The van der Waals surface area contributed by atoms with E-state index < -0.39 is 11.7 Å². The highest BCUT2D eigenvalue weighted by atomic mass is 79.9. The molecule has 0 radical (unpaired) electrons. The van der Waals surface area contributed by atoms with Gasteiger partial charge >= 0.3 is 6.09 Å². The van der Waals surface area contributed by atoms with Gasteiger partial charge in [0, 0.05) is 73.6 Å². The van der Waals surface area contributed by atoms with Gasteiger partial charge in [-0.15, -0.1) is 0 Å². The lowest BCUT2D eigenvalue weighted by Gasteiger charge is -2.37. The van der Waals surface area contributed by atoms with Crippen LogP contribution in [0.2, 0.25) is 0 Å². The van der Waals surface area contributed by atoms with Gasteiger partial charge in [0.1, 0.15) is 11.4 Å². The third-order valence-corrected chi connectivity index (χ3v) is 9.84. The Morgan fingerprint density at radius 1 is 0.857 bits per heavy atom. The van der Waals surface area contributed by atoms with Gasteiger partial charge in [0.2, 0.25) is 12.0 Å². The summed E-state index contributed by atoms with van der Waals surface area (Å²) < 4.78 is 13.1. The zero-order valence-corrected chi connectivity index (χ0v) is 30.3. The smallest absolute Gasteiger partial charge is 0.410 e. The number of piperidine rings is 1. The molecule has 1 aliphatic carbocycles. The zero-order chi connectivity index (χ0) is 34.5. The summed E-state index contributed by atoms with van der Waals surface area (Å²) >= 11 is 3.51. The van der Waals surface area contributed by atoms with Crippen LogP contribution in [0, 0.1) is 5.92 Å². The van der Waals surface area contributed by atoms with E-state index in [1.165, 1.54) is 0 Å². The van der Waals surface area contributed by atoms with Gasteiger partial charge in [-0.3, -0.25) is 9.59 Å². The summed E-state index contributed by atoms with van der Waals surface area (Å²) in [6.07, 6.45) is 2.74. The summed E-state index contributed by atoms with van der Waals surface area (Å²) in [5.74, 6) is 0.613. The second-order valence-electron chi connectivity index (χ2n) is 14.3. The Labute approximate surface area is 298 Å². The molecule has 3 aromatic rings. The van der Waals surface area contributed by atoms with Gasteiger partial charge in [0.05, 0.1) is 5.92 Å². The van der Waals surface area contributed by atoms with Crippen LogP contribution in [0.4, 0.5) is 10.5 Å². The van der Waals surface area contributed by atoms with Crippen molar-refractivity contribution >= 4 is 39.5 Å². The van der Waals surface area contributed by atoms with Gasteiger partial charge in [-0.1, -0.05) is 64.5 Å². The first kappa shape index (κ1) is 34.8. The first-order valence-corrected chi connectivity index (χ1v) is 18.2. The van der Waals surface area contributed by atoms with Gasteiger partial charge in [-0.25, -0.2) is 4.79 Å². The van der Waals surface area contributed by atoms with Crippen LogP contribution in [0.5, 0.6) is 5.75 Å². The number of carbonyl (C=O) groups is 3. The van der Waals surface area contributed by atoms with Crippen molar-refractivity contribution in [3.05, 3.63) is 94.5 Å². The van der Waals surface area contributed by atoms with E-state index in [0.29, 0.717) is 51.1 Å². The SMILES string of the molecule is CC(C)(C)OC(=O)N1CCN(C(=O)C(Oc2cccc(N3CCC[C@@H](C(=O)N(Cc4ccc(Br)cc4)C4CC4)C3)c2)c2ccccc2)CC1. The number of carbonyl (C=O) groups excluding carboxylic acids is 3. The van der Waals surface area contributed by atoms with Crippen molar-refractivity contribution < 1.29 is 23.9 Å². The van der Waals surface area contributed by atoms with Crippen LogP contribution in [0.15, 0.2) is 83.3 Å². The van der Waals surface area contributed by atoms with E-state index in [1.807, 2.05) is 81.4 Å². The van der Waals surface area contributed by atoms with E-state index in [-0.39, 0.29) is 23.8 Å². The molecule has 3 fully saturated rings. The number of amides is 3. The number of benzene rings is 3. The highest BCUT2D eigenvalue weighted by molar-refractivity contribution is 9.10. The van der Waals surface area contributed by atoms with Gasteiger partial charge in [-0.05, 0) is 76.3 Å². The van der Waals surface area contributed by atoms with Crippen LogP contribution >= 0.6 is 15.9 Å². The number of piperazine rings is 1. The first-order valence-electron chi connectivity index (χ1n) is 17.4. The van der Waals surface area contributed by atoms with E-state index in [4.69, 9.17) is 9.47 Å². The van der Waals surface area contributed by atoms with Gasteiger partial charge in [0.25, 0.3) is 5.91 Å². The van der Waals surface area contributed by atoms with Crippen molar-refractivity contribution in [3.63, 3.8) is 0 Å². The third-order valence-electron chi connectivity index (χ3n) is 9.31. The summed E-state index contributed by atoms with van der Waals surface area (Å²) in [6, 6.07) is 26.0. The fourth-order valence-electron chi connectivity index (χ4n) is 6.59. The highest BCUT2D eigenvalue weighted by Crippen LogP contribution is 2.34. The molecule has 2 atom stereocenters. The largest absolute Gasteiger partial charge is 0.476 e. The van der Waals surface area contributed by atoms with Crippen molar-refractivity contribution in [3.8, 4) is 5.75 Å². The lowest BCUT2D eigenvalue weighted by molar-refractivity contribution is -0.141. The van der Waals surface area contributed by atoms with E-state index >= 15 is 0 Å². The van der Waals surface area contributed by atoms with Crippen LogP contribution in [0.25, 0.3) is 0 Å². The number of hydrogen-bond donors (Lipinski definition) is 0. The van der Waals surface area contributed by atoms with Crippen molar-refractivity contribution in [2.75, 3.05) is 44.2 Å². The number of rotatable bonds is 9. The summed E-state index contributed by atoms with van der Waals surface area (Å²) in [7, 11) is 0. The lowest BCUT2D eigenvalue weighted by atomic mass is 9.95. The summed E-state index contributed by atoms with van der Waals surface area (Å²) in [5, 5.41) is 0. The predicted octanol–water partition coefficient (Wildman–Crippen LogP) is 7.06.